The molecule has 2 rings (SSSR count). The van der Waals surface area contributed by atoms with Gasteiger partial charge in [0.2, 0.25) is 0 Å². The molecule has 0 saturated heterocycles. The van der Waals surface area contributed by atoms with E-state index < -0.39 is 0 Å². The van der Waals surface area contributed by atoms with Crippen LogP contribution in [-0.2, 0) is 6.42 Å². The highest BCUT2D eigenvalue weighted by Crippen LogP contribution is 2.22. The van der Waals surface area contributed by atoms with Crippen LogP contribution in [-0.4, -0.2) is 6.61 Å². The number of ether oxygens (including phenoxy) is 1. The Labute approximate surface area is 132 Å². The average Bonchev–Trinajstić information content (AvgIpc) is 2.45. The first kappa shape index (κ1) is 16.5. The molecule has 0 radical (unpaired) electrons. The molecular weight excluding hydrogens is 277 g/mol. The van der Waals surface area contributed by atoms with E-state index in [1.807, 2.05) is 12.1 Å². The van der Waals surface area contributed by atoms with Crippen molar-refractivity contribution in [2.75, 3.05) is 6.61 Å². The largest absolute Gasteiger partial charge is 0.492 e. The molecule has 2 nitrogen and oxygen atoms in total. The fourth-order valence-corrected chi connectivity index (χ4v) is 2.31. The van der Waals surface area contributed by atoms with E-state index in [4.69, 9.17) is 10.5 Å². The van der Waals surface area contributed by atoms with Crippen LogP contribution in [0.25, 0.3) is 0 Å². The summed E-state index contributed by atoms with van der Waals surface area (Å²) in [5, 5.41) is 0. The zero-order valence-electron chi connectivity index (χ0n) is 13.5. The number of hydrogen-bond donors (Lipinski definition) is 1. The maximum absolute atomic E-state index is 12.9. The van der Waals surface area contributed by atoms with Crippen LogP contribution in [0.1, 0.15) is 37.9 Å². The molecule has 0 bridgehead atoms. The van der Waals surface area contributed by atoms with Crippen molar-refractivity contribution < 1.29 is 9.13 Å². The summed E-state index contributed by atoms with van der Waals surface area (Å²) in [5.41, 5.74) is 8.49. The maximum atomic E-state index is 12.9. The molecule has 0 aliphatic rings. The second-order valence-corrected chi connectivity index (χ2v) is 6.85. The van der Waals surface area contributed by atoms with Crippen LogP contribution < -0.4 is 10.5 Å². The van der Waals surface area contributed by atoms with Crippen LogP contribution in [0.2, 0.25) is 0 Å². The van der Waals surface area contributed by atoms with E-state index in [1.165, 1.54) is 17.7 Å². The van der Waals surface area contributed by atoms with E-state index in [2.05, 4.69) is 32.9 Å². The molecule has 0 spiro atoms. The number of benzene rings is 2. The summed E-state index contributed by atoms with van der Waals surface area (Å²) in [6, 6.07) is 14.1. The summed E-state index contributed by atoms with van der Waals surface area (Å²) in [4.78, 5) is 0. The van der Waals surface area contributed by atoms with E-state index in [0.29, 0.717) is 6.61 Å². The van der Waals surface area contributed by atoms with Gasteiger partial charge in [-0.05, 0) is 47.2 Å². The molecular formula is C19H24FNO. The minimum absolute atomic E-state index is 0.258. The van der Waals surface area contributed by atoms with Gasteiger partial charge in [-0.25, -0.2) is 4.39 Å². The van der Waals surface area contributed by atoms with Crippen LogP contribution >= 0.6 is 0 Å². The van der Waals surface area contributed by atoms with Gasteiger partial charge in [-0.1, -0.05) is 45.0 Å². The van der Waals surface area contributed by atoms with E-state index >= 15 is 0 Å². The second kappa shape index (κ2) is 6.93. The van der Waals surface area contributed by atoms with E-state index in [1.54, 1.807) is 12.1 Å². The lowest BCUT2D eigenvalue weighted by Gasteiger charge is -2.18. The summed E-state index contributed by atoms with van der Waals surface area (Å²) in [6.07, 6.45) is 1.03. The summed E-state index contributed by atoms with van der Waals surface area (Å²) in [5.74, 6) is 0.543. The summed E-state index contributed by atoms with van der Waals surface area (Å²) in [7, 11) is 0. The molecule has 0 amide bonds. The summed E-state index contributed by atoms with van der Waals surface area (Å²) in [6.45, 7) is 7.03. The smallest absolute Gasteiger partial charge is 0.123 e. The number of nitrogens with two attached hydrogens (primary N) is 1. The quantitative estimate of drug-likeness (QED) is 0.883. The van der Waals surface area contributed by atoms with Crippen molar-refractivity contribution in [2.45, 2.75) is 33.2 Å². The molecule has 0 saturated carbocycles. The second-order valence-electron chi connectivity index (χ2n) is 6.85. The Morgan fingerprint density at radius 1 is 1.00 bits per heavy atom. The third-order valence-electron chi connectivity index (χ3n) is 3.39. The van der Waals surface area contributed by atoms with Crippen molar-refractivity contribution in [2.24, 2.45) is 11.1 Å². The average molecular weight is 301 g/mol. The number of rotatable bonds is 5. The van der Waals surface area contributed by atoms with Crippen LogP contribution in [0, 0.1) is 11.2 Å². The van der Waals surface area contributed by atoms with Gasteiger partial charge in [-0.3, -0.25) is 0 Å². The van der Waals surface area contributed by atoms with E-state index in [0.717, 1.165) is 17.7 Å². The summed E-state index contributed by atoms with van der Waals surface area (Å²) < 4.78 is 18.6. The number of halogens is 1. The molecule has 0 fully saturated rings. The fourth-order valence-electron chi connectivity index (χ4n) is 2.31. The van der Waals surface area contributed by atoms with Crippen LogP contribution in [0.3, 0.4) is 0 Å². The first-order chi connectivity index (χ1) is 10.3. The van der Waals surface area contributed by atoms with Crippen molar-refractivity contribution >= 4 is 0 Å². The zero-order chi connectivity index (χ0) is 16.2. The first-order valence-electron chi connectivity index (χ1n) is 7.56. The van der Waals surface area contributed by atoms with Gasteiger partial charge >= 0.3 is 0 Å². The lowest BCUT2D eigenvalue weighted by atomic mass is 9.88. The molecule has 0 aliphatic carbocycles. The van der Waals surface area contributed by atoms with Crippen molar-refractivity contribution in [3.05, 3.63) is 65.5 Å². The predicted molar refractivity (Wildman–Crippen MR) is 88.4 cm³/mol. The van der Waals surface area contributed by atoms with Crippen molar-refractivity contribution in [1.82, 2.24) is 0 Å². The topological polar surface area (TPSA) is 35.2 Å². The van der Waals surface area contributed by atoms with Gasteiger partial charge in [0.15, 0.2) is 0 Å². The van der Waals surface area contributed by atoms with Crippen molar-refractivity contribution in [3.8, 4) is 5.75 Å². The molecule has 2 N–H and O–H groups in total. The SMILES string of the molecule is CC(C)(C)Cc1ccc(OCC(N)c2ccc(F)cc2)cc1. The van der Waals surface area contributed by atoms with Gasteiger partial charge in [-0.2, -0.15) is 0 Å². The Morgan fingerprint density at radius 2 is 1.59 bits per heavy atom. The monoisotopic (exact) mass is 301 g/mol. The number of hydrogen-bond acceptors (Lipinski definition) is 2. The molecule has 22 heavy (non-hydrogen) atoms. The highest BCUT2D eigenvalue weighted by molar-refractivity contribution is 5.28. The molecule has 0 aromatic heterocycles. The zero-order valence-corrected chi connectivity index (χ0v) is 13.5. The molecule has 0 heterocycles. The minimum atomic E-state index is -0.269. The van der Waals surface area contributed by atoms with Gasteiger partial charge in [0.25, 0.3) is 0 Å². The minimum Gasteiger partial charge on any atom is -0.492 e. The van der Waals surface area contributed by atoms with Crippen LogP contribution in [0.4, 0.5) is 4.39 Å². The first-order valence-corrected chi connectivity index (χ1v) is 7.56. The van der Waals surface area contributed by atoms with Crippen LogP contribution in [0.5, 0.6) is 5.75 Å². The fraction of sp³-hybridized carbons (Fsp3) is 0.368. The van der Waals surface area contributed by atoms with Gasteiger partial charge < -0.3 is 10.5 Å². The molecule has 3 heteroatoms. The van der Waals surface area contributed by atoms with Gasteiger partial charge in [0.1, 0.15) is 18.2 Å². The van der Waals surface area contributed by atoms with E-state index in [-0.39, 0.29) is 17.3 Å². The Hall–Kier alpha value is -1.87. The normalized spacial score (nSPS) is 13.0. The summed E-state index contributed by atoms with van der Waals surface area (Å²) >= 11 is 0. The van der Waals surface area contributed by atoms with Crippen molar-refractivity contribution in [1.29, 1.82) is 0 Å². The van der Waals surface area contributed by atoms with Gasteiger partial charge in [0, 0.05) is 0 Å². The van der Waals surface area contributed by atoms with Gasteiger partial charge in [0.05, 0.1) is 6.04 Å². The Morgan fingerprint density at radius 3 is 2.14 bits per heavy atom. The molecule has 1 atom stereocenters. The van der Waals surface area contributed by atoms with Crippen molar-refractivity contribution in [3.63, 3.8) is 0 Å². The molecule has 118 valence electrons. The van der Waals surface area contributed by atoms with Crippen LogP contribution in [0.15, 0.2) is 48.5 Å². The third-order valence-corrected chi connectivity index (χ3v) is 3.39. The third kappa shape index (κ3) is 5.15. The Balaban J connectivity index is 1.90. The predicted octanol–water partition coefficient (Wildman–Crippen LogP) is 4.49. The van der Waals surface area contributed by atoms with Gasteiger partial charge in [-0.15, -0.1) is 0 Å². The molecule has 1 unspecified atom stereocenters. The van der Waals surface area contributed by atoms with E-state index in [9.17, 15) is 4.39 Å². The lowest BCUT2D eigenvalue weighted by Crippen LogP contribution is -2.19. The molecule has 0 aliphatic heterocycles. The molecule has 2 aromatic rings. The highest BCUT2D eigenvalue weighted by atomic mass is 19.1. The lowest BCUT2D eigenvalue weighted by molar-refractivity contribution is 0.290. The maximum Gasteiger partial charge on any atom is 0.123 e. The standard InChI is InChI=1S/C19H24FNO/c1-19(2,3)12-14-4-10-17(11-5-14)22-13-18(21)15-6-8-16(20)9-7-15/h4-11,18H,12-13,21H2,1-3H3. The highest BCUT2D eigenvalue weighted by Gasteiger charge is 2.11. The molecule has 2 aromatic carbocycles. The Kier molecular flexibility index (Phi) is 5.19. The Bertz CT molecular complexity index is 584.